The van der Waals surface area contributed by atoms with E-state index in [1.807, 2.05) is 0 Å². The molecule has 2 rings (SSSR count). The van der Waals surface area contributed by atoms with Gasteiger partial charge in [0.25, 0.3) is 0 Å². The number of hydrogen-bond donors (Lipinski definition) is 2. The lowest BCUT2D eigenvalue weighted by atomic mass is 9.92. The SMILES string of the molecule is CC(NC(=O)C1CNC1)C1CCOCC1.Cl. The molecule has 2 saturated heterocycles. The van der Waals surface area contributed by atoms with Crippen molar-refractivity contribution in [3.8, 4) is 0 Å². The third-order valence-electron chi connectivity index (χ3n) is 3.50. The van der Waals surface area contributed by atoms with Crippen LogP contribution in [0.3, 0.4) is 0 Å². The van der Waals surface area contributed by atoms with Crippen molar-refractivity contribution >= 4 is 18.3 Å². The number of nitrogens with one attached hydrogen (secondary N) is 2. The van der Waals surface area contributed by atoms with Gasteiger partial charge in [-0.15, -0.1) is 12.4 Å². The zero-order chi connectivity index (χ0) is 10.7. The Morgan fingerprint density at radius 2 is 2.00 bits per heavy atom. The lowest BCUT2D eigenvalue weighted by Crippen LogP contribution is -2.53. The van der Waals surface area contributed by atoms with E-state index in [-0.39, 0.29) is 24.2 Å². The van der Waals surface area contributed by atoms with Crippen LogP contribution in [0, 0.1) is 11.8 Å². The molecule has 2 heterocycles. The molecule has 5 heteroatoms. The Kier molecular flexibility index (Phi) is 5.52. The van der Waals surface area contributed by atoms with Crippen molar-refractivity contribution in [2.75, 3.05) is 26.3 Å². The monoisotopic (exact) mass is 248 g/mol. The zero-order valence-electron chi connectivity index (χ0n) is 9.70. The van der Waals surface area contributed by atoms with Gasteiger partial charge in [-0.05, 0) is 25.7 Å². The molecule has 0 aromatic rings. The van der Waals surface area contributed by atoms with Crippen LogP contribution < -0.4 is 10.6 Å². The van der Waals surface area contributed by atoms with E-state index in [9.17, 15) is 4.79 Å². The van der Waals surface area contributed by atoms with Gasteiger partial charge in [-0.25, -0.2) is 0 Å². The third kappa shape index (κ3) is 3.34. The lowest BCUT2D eigenvalue weighted by molar-refractivity contribution is -0.127. The van der Waals surface area contributed by atoms with Gasteiger partial charge in [0.2, 0.25) is 5.91 Å². The second-order valence-electron chi connectivity index (χ2n) is 4.60. The van der Waals surface area contributed by atoms with Gasteiger partial charge >= 0.3 is 0 Å². The molecule has 2 aliphatic rings. The van der Waals surface area contributed by atoms with Crippen molar-refractivity contribution in [2.45, 2.75) is 25.8 Å². The van der Waals surface area contributed by atoms with Crippen LogP contribution in [0.5, 0.6) is 0 Å². The molecule has 1 amide bonds. The Balaban J connectivity index is 0.00000128. The Morgan fingerprint density at radius 3 is 2.50 bits per heavy atom. The van der Waals surface area contributed by atoms with Crippen LogP contribution in [0.1, 0.15) is 19.8 Å². The molecule has 2 aliphatic heterocycles. The van der Waals surface area contributed by atoms with Gasteiger partial charge in [0, 0.05) is 32.3 Å². The molecule has 0 radical (unpaired) electrons. The lowest BCUT2D eigenvalue weighted by Gasteiger charge is -2.32. The van der Waals surface area contributed by atoms with Crippen molar-refractivity contribution in [2.24, 2.45) is 11.8 Å². The van der Waals surface area contributed by atoms with Crippen LogP contribution in [-0.2, 0) is 9.53 Å². The topological polar surface area (TPSA) is 50.4 Å². The normalized spacial score (nSPS) is 24.1. The van der Waals surface area contributed by atoms with E-state index in [1.54, 1.807) is 0 Å². The van der Waals surface area contributed by atoms with E-state index in [0.717, 1.165) is 39.1 Å². The second-order valence-corrected chi connectivity index (χ2v) is 4.60. The summed E-state index contributed by atoms with van der Waals surface area (Å²) >= 11 is 0. The van der Waals surface area contributed by atoms with Gasteiger partial charge in [0.1, 0.15) is 0 Å². The van der Waals surface area contributed by atoms with E-state index in [0.29, 0.717) is 12.0 Å². The van der Waals surface area contributed by atoms with Gasteiger partial charge in [-0.2, -0.15) is 0 Å². The summed E-state index contributed by atoms with van der Waals surface area (Å²) in [6, 6.07) is 0.294. The summed E-state index contributed by atoms with van der Waals surface area (Å²) in [5.74, 6) is 1.01. The fourth-order valence-corrected chi connectivity index (χ4v) is 2.15. The van der Waals surface area contributed by atoms with E-state index in [2.05, 4.69) is 17.6 Å². The molecule has 4 nitrogen and oxygen atoms in total. The molecule has 2 fully saturated rings. The first-order valence-corrected chi connectivity index (χ1v) is 5.86. The van der Waals surface area contributed by atoms with Crippen LogP contribution in [0.15, 0.2) is 0 Å². The highest BCUT2D eigenvalue weighted by Gasteiger charge is 2.28. The predicted octanol–water partition coefficient (Wildman–Crippen LogP) is 0.559. The number of carbonyl (C=O) groups is 1. The number of ether oxygens (including phenoxy) is 1. The summed E-state index contributed by atoms with van der Waals surface area (Å²) in [5, 5.41) is 6.23. The Hall–Kier alpha value is -0.320. The van der Waals surface area contributed by atoms with Crippen molar-refractivity contribution < 1.29 is 9.53 Å². The molecule has 1 unspecified atom stereocenters. The number of carbonyl (C=O) groups excluding carboxylic acids is 1. The minimum Gasteiger partial charge on any atom is -0.381 e. The number of amides is 1. The molecule has 0 spiro atoms. The van der Waals surface area contributed by atoms with E-state index < -0.39 is 0 Å². The smallest absolute Gasteiger partial charge is 0.225 e. The van der Waals surface area contributed by atoms with Crippen LogP contribution in [0.4, 0.5) is 0 Å². The van der Waals surface area contributed by atoms with Gasteiger partial charge in [-0.1, -0.05) is 0 Å². The third-order valence-corrected chi connectivity index (χ3v) is 3.50. The first-order valence-electron chi connectivity index (χ1n) is 5.86. The maximum atomic E-state index is 11.7. The minimum absolute atomic E-state index is 0. The Morgan fingerprint density at radius 1 is 1.38 bits per heavy atom. The average Bonchev–Trinajstić information content (AvgIpc) is 2.16. The Labute approximate surface area is 103 Å². The predicted molar refractivity (Wildman–Crippen MR) is 64.8 cm³/mol. The summed E-state index contributed by atoms with van der Waals surface area (Å²) in [7, 11) is 0. The van der Waals surface area contributed by atoms with Crippen molar-refractivity contribution in [3.63, 3.8) is 0 Å². The highest BCUT2D eigenvalue weighted by Crippen LogP contribution is 2.19. The van der Waals surface area contributed by atoms with Crippen LogP contribution >= 0.6 is 12.4 Å². The first-order chi connectivity index (χ1) is 7.27. The molecule has 0 bridgehead atoms. The van der Waals surface area contributed by atoms with E-state index in [4.69, 9.17) is 4.74 Å². The fraction of sp³-hybridized carbons (Fsp3) is 0.909. The molecule has 2 N–H and O–H groups in total. The summed E-state index contributed by atoms with van der Waals surface area (Å²) in [5.41, 5.74) is 0. The highest BCUT2D eigenvalue weighted by atomic mass is 35.5. The summed E-state index contributed by atoms with van der Waals surface area (Å²) in [6.07, 6.45) is 2.15. The largest absolute Gasteiger partial charge is 0.381 e. The highest BCUT2D eigenvalue weighted by molar-refractivity contribution is 5.85. The maximum absolute atomic E-state index is 11.7. The van der Waals surface area contributed by atoms with Crippen LogP contribution in [0.2, 0.25) is 0 Å². The van der Waals surface area contributed by atoms with Gasteiger partial charge in [-0.3, -0.25) is 4.79 Å². The van der Waals surface area contributed by atoms with Gasteiger partial charge in [0.15, 0.2) is 0 Å². The van der Waals surface area contributed by atoms with E-state index in [1.165, 1.54) is 0 Å². The molecule has 94 valence electrons. The summed E-state index contributed by atoms with van der Waals surface area (Å²) in [4.78, 5) is 11.7. The van der Waals surface area contributed by atoms with Crippen molar-refractivity contribution in [3.05, 3.63) is 0 Å². The molecule has 0 aliphatic carbocycles. The van der Waals surface area contributed by atoms with E-state index >= 15 is 0 Å². The average molecular weight is 249 g/mol. The molecule has 16 heavy (non-hydrogen) atoms. The Bertz CT molecular complexity index is 228. The first kappa shape index (κ1) is 13.7. The fourth-order valence-electron chi connectivity index (χ4n) is 2.15. The number of rotatable bonds is 3. The second kappa shape index (κ2) is 6.42. The van der Waals surface area contributed by atoms with Crippen molar-refractivity contribution in [1.82, 2.24) is 10.6 Å². The quantitative estimate of drug-likeness (QED) is 0.768. The summed E-state index contributed by atoms with van der Waals surface area (Å²) < 4.78 is 5.31. The molecular weight excluding hydrogens is 228 g/mol. The van der Waals surface area contributed by atoms with Crippen LogP contribution in [-0.4, -0.2) is 38.3 Å². The minimum atomic E-state index is 0. The molecular formula is C11H21ClN2O2. The van der Waals surface area contributed by atoms with Crippen LogP contribution in [0.25, 0.3) is 0 Å². The summed E-state index contributed by atoms with van der Waals surface area (Å²) in [6.45, 7) is 5.48. The number of halogens is 1. The van der Waals surface area contributed by atoms with Gasteiger partial charge < -0.3 is 15.4 Å². The standard InChI is InChI=1S/C11H20N2O2.ClH/c1-8(9-2-4-15-5-3-9)13-11(14)10-6-12-7-10;/h8-10,12H,2-7H2,1H3,(H,13,14);1H. The molecule has 0 aromatic carbocycles. The molecule has 0 saturated carbocycles. The van der Waals surface area contributed by atoms with Gasteiger partial charge in [0.05, 0.1) is 5.92 Å². The van der Waals surface area contributed by atoms with Crippen molar-refractivity contribution in [1.29, 1.82) is 0 Å². The molecule has 0 aromatic heterocycles. The maximum Gasteiger partial charge on any atom is 0.225 e. The molecule has 1 atom stereocenters. The number of hydrogen-bond acceptors (Lipinski definition) is 3. The zero-order valence-corrected chi connectivity index (χ0v) is 10.5.